The smallest absolute Gasteiger partial charge is 0.252 e. The molecule has 0 amide bonds. The van der Waals surface area contributed by atoms with Crippen LogP contribution in [0.5, 0.6) is 0 Å². The minimum Gasteiger partial charge on any atom is -0.310 e. The van der Waals surface area contributed by atoms with Gasteiger partial charge in [-0.2, -0.15) is 0 Å². The largest absolute Gasteiger partial charge is 0.310 e. The second-order valence-corrected chi connectivity index (χ2v) is 29.0. The zero-order valence-electron chi connectivity index (χ0n) is 72.2. The first-order valence-corrected chi connectivity index (χ1v) is 33.2. The topological polar surface area (TPSA) is 16.3 Å². The Morgan fingerprint density at radius 2 is 0.629 bits per heavy atom. The summed E-state index contributed by atoms with van der Waals surface area (Å²) in [6, 6.07) is 55.3. The number of para-hydroxylation sites is 4. The van der Waals surface area contributed by atoms with Crippen molar-refractivity contribution in [2.45, 2.75) is 92.4 Å². The third-order valence-corrected chi connectivity index (χ3v) is 20.0. The SMILES string of the molecule is [2H]c1c([2H])c([2H])c2c(c1[2H])c1c([2H])c([2H])c([2H])c([2H])c1n2-c1ccc2c(c1C)N(c1ccc(C(C)(C)C)cc1-c1cccc(-c3ccccc3)c1)c1cc(C(C)(C)C)cc3c1B2c1ccc(-n2c4c([2H])c([2H])c([2H])c([2H])c4c4c([2H])c([2H])c([2H])c([2H])c42)c(C)c1N3c1ccc(C(C)(C)C)cc1-c1cccc(-c2ccccc2)c1. The van der Waals surface area contributed by atoms with Gasteiger partial charge in [-0.3, -0.25) is 0 Å². The molecule has 0 radical (unpaired) electrons. The highest BCUT2D eigenvalue weighted by molar-refractivity contribution is 7.00. The summed E-state index contributed by atoms with van der Waals surface area (Å²) in [6.07, 6.45) is 0. The van der Waals surface area contributed by atoms with Crippen LogP contribution < -0.4 is 26.2 Å². The number of hydrogen-bond acceptors (Lipinski definition) is 2. The van der Waals surface area contributed by atoms with E-state index in [0.717, 1.165) is 100 Å². The van der Waals surface area contributed by atoms with E-state index in [4.69, 9.17) is 5.48 Å². The number of hydrogen-bond donors (Lipinski definition) is 0. The Kier molecular flexibility index (Phi) is 10.3. The lowest BCUT2D eigenvalue weighted by molar-refractivity contribution is 0.590. The lowest BCUT2D eigenvalue weighted by Crippen LogP contribution is -2.62. The van der Waals surface area contributed by atoms with Crippen LogP contribution in [0.3, 0.4) is 0 Å². The number of benzene rings is 13. The summed E-state index contributed by atoms with van der Waals surface area (Å²) in [5, 5.41) is -0.227. The second-order valence-electron chi connectivity index (χ2n) is 29.0. The number of rotatable bonds is 8. The van der Waals surface area contributed by atoms with E-state index in [1.165, 1.54) is 0 Å². The van der Waals surface area contributed by atoms with Crippen LogP contribution in [0.25, 0.3) is 99.5 Å². The van der Waals surface area contributed by atoms with Gasteiger partial charge in [-0.25, -0.2) is 0 Å². The first-order valence-electron chi connectivity index (χ1n) is 41.2. The predicted molar refractivity (Wildman–Crippen MR) is 416 cm³/mol. The Morgan fingerprint density at radius 1 is 0.299 bits per heavy atom. The molecule has 0 fully saturated rings. The Balaban J connectivity index is 1.08. The highest BCUT2D eigenvalue weighted by Gasteiger charge is 2.47. The molecule has 0 N–H and O–H groups in total. The summed E-state index contributed by atoms with van der Waals surface area (Å²) in [6.45, 7) is 22.9. The van der Waals surface area contributed by atoms with Crippen molar-refractivity contribution in [3.05, 3.63) is 306 Å². The molecular weight excluding hydrogens is 1170 g/mol. The third kappa shape index (κ3) is 9.63. The number of nitrogens with zero attached hydrogens (tertiary/aromatic N) is 4. The van der Waals surface area contributed by atoms with Crippen LogP contribution in [0, 0.1) is 13.8 Å². The standard InChI is InChI=1S/C92H79BN4/c1-58-77(94-79-40-22-18-36-69(79)70-37-19-23-41-80(70)94)50-46-75-88(58)96(83-48-44-66(90(3,4)5)54-73(83)64-34-26-32-62(52-64)60-28-14-12-15-29-60)85-56-68(92(9,10)11)57-86-87(85)93(75)76-47-51-78(95-81-42-24-20-38-71(81)72-39-21-25-43-82(72)95)59(2)89(76)97(86)84-49-45-67(91(6,7)8)55-74(84)65-35-27-33-63(53-65)61-30-16-13-17-31-61/h12-57H,1-11H3/i18D,19D,20D,21D,22D,23D,24D,25D,36D,37D,38D,39D,40D,41D,42D,43D. The normalized spacial score (nSPS) is 15.4. The molecule has 0 saturated carbocycles. The summed E-state index contributed by atoms with van der Waals surface area (Å²) in [4.78, 5) is 4.67. The molecule has 4 nitrogen and oxygen atoms in total. The van der Waals surface area contributed by atoms with Crippen LogP contribution in [-0.4, -0.2) is 15.8 Å². The number of anilines is 6. The maximum absolute atomic E-state index is 9.85. The summed E-state index contributed by atoms with van der Waals surface area (Å²) in [7, 11) is 0. The monoisotopic (exact) mass is 1270 g/mol. The highest BCUT2D eigenvalue weighted by atomic mass is 15.2. The van der Waals surface area contributed by atoms with E-state index < -0.39 is 109 Å². The molecule has 5 heteroatoms. The third-order valence-electron chi connectivity index (χ3n) is 20.0. The first kappa shape index (κ1) is 44.7. The van der Waals surface area contributed by atoms with E-state index in [1.807, 2.05) is 74.5 Å². The summed E-state index contributed by atoms with van der Waals surface area (Å²) >= 11 is 0. The van der Waals surface area contributed by atoms with Crippen LogP contribution in [-0.2, 0) is 16.2 Å². The van der Waals surface area contributed by atoms with Crippen molar-refractivity contribution in [2.75, 3.05) is 9.80 Å². The molecule has 15 aromatic rings. The first-order chi connectivity index (χ1) is 53.5. The van der Waals surface area contributed by atoms with E-state index in [9.17, 15) is 16.4 Å². The maximum Gasteiger partial charge on any atom is 0.252 e. The molecule has 0 saturated heterocycles. The summed E-state index contributed by atoms with van der Waals surface area (Å²) in [5.41, 5.74) is 18.1. The van der Waals surface area contributed by atoms with Gasteiger partial charge in [-0.05, 0) is 193 Å². The molecule has 13 aromatic carbocycles. The molecule has 2 aliphatic rings. The van der Waals surface area contributed by atoms with E-state index in [2.05, 4.69) is 193 Å². The molecule has 97 heavy (non-hydrogen) atoms. The molecule has 2 aromatic heterocycles. The molecular formula is C92H79BN4. The summed E-state index contributed by atoms with van der Waals surface area (Å²) < 4.78 is 154. The van der Waals surface area contributed by atoms with Crippen LogP contribution in [0.1, 0.15) is 112 Å². The van der Waals surface area contributed by atoms with Gasteiger partial charge in [0.1, 0.15) is 0 Å². The van der Waals surface area contributed by atoms with E-state index >= 15 is 0 Å². The molecule has 470 valence electrons. The van der Waals surface area contributed by atoms with Crippen molar-refractivity contribution in [2.24, 2.45) is 0 Å². The fourth-order valence-corrected chi connectivity index (χ4v) is 15.1. The minimum atomic E-state index is -0.718. The van der Waals surface area contributed by atoms with Gasteiger partial charge in [-0.15, -0.1) is 0 Å². The lowest BCUT2D eigenvalue weighted by Gasteiger charge is -2.47. The molecule has 0 atom stereocenters. The van der Waals surface area contributed by atoms with Crippen LogP contribution >= 0.6 is 0 Å². The Labute approximate surface area is 593 Å². The van der Waals surface area contributed by atoms with Crippen molar-refractivity contribution < 1.29 is 21.9 Å². The molecule has 4 heterocycles. The van der Waals surface area contributed by atoms with Gasteiger partial charge in [-0.1, -0.05) is 256 Å². The quantitative estimate of drug-likeness (QED) is 0.141. The Bertz CT molecular complexity index is 6140. The van der Waals surface area contributed by atoms with Crippen LogP contribution in [0.2, 0.25) is 0 Å². The van der Waals surface area contributed by atoms with Gasteiger partial charge >= 0.3 is 0 Å². The van der Waals surface area contributed by atoms with E-state index in [0.29, 0.717) is 33.9 Å². The maximum atomic E-state index is 9.85. The molecule has 17 rings (SSSR count). The van der Waals surface area contributed by atoms with Gasteiger partial charge in [0.05, 0.1) is 66.7 Å². The van der Waals surface area contributed by atoms with Gasteiger partial charge in [0.15, 0.2) is 0 Å². The molecule has 0 aliphatic carbocycles. The lowest BCUT2D eigenvalue weighted by atomic mass is 9.33. The van der Waals surface area contributed by atoms with Gasteiger partial charge < -0.3 is 18.9 Å². The van der Waals surface area contributed by atoms with E-state index in [1.54, 1.807) is 9.13 Å². The second kappa shape index (κ2) is 22.4. The van der Waals surface area contributed by atoms with Crippen LogP contribution in [0.4, 0.5) is 34.1 Å². The van der Waals surface area contributed by atoms with Crippen molar-refractivity contribution in [1.82, 2.24) is 9.13 Å². The number of aromatic nitrogens is 2. The average Bonchev–Trinajstić information content (AvgIpc) is 1.26. The number of fused-ring (bicyclic) bond motifs is 10. The zero-order valence-corrected chi connectivity index (χ0v) is 56.2. The van der Waals surface area contributed by atoms with Gasteiger partial charge in [0, 0.05) is 55.4 Å². The predicted octanol–water partition coefficient (Wildman–Crippen LogP) is 23.1. The molecule has 0 bridgehead atoms. The van der Waals surface area contributed by atoms with Crippen molar-refractivity contribution in [3.8, 4) is 55.9 Å². The fourth-order valence-electron chi connectivity index (χ4n) is 15.1. The summed E-state index contributed by atoms with van der Waals surface area (Å²) in [5.74, 6) is 0. The van der Waals surface area contributed by atoms with Crippen molar-refractivity contribution >= 4 is 101 Å². The molecule has 0 unspecified atom stereocenters. The van der Waals surface area contributed by atoms with Gasteiger partial charge in [0.25, 0.3) is 6.71 Å². The highest BCUT2D eigenvalue weighted by Crippen LogP contribution is 2.54. The Morgan fingerprint density at radius 3 is 0.990 bits per heavy atom. The van der Waals surface area contributed by atoms with Gasteiger partial charge in [0.2, 0.25) is 0 Å². The average molecular weight is 1270 g/mol. The fraction of sp³-hybridized carbons (Fsp3) is 0.152. The Hall–Kier alpha value is -10.9. The van der Waals surface area contributed by atoms with Crippen molar-refractivity contribution in [3.63, 3.8) is 0 Å². The molecule has 0 spiro atoms. The minimum absolute atomic E-state index is 0.0294. The molecule has 2 aliphatic heterocycles. The van der Waals surface area contributed by atoms with E-state index in [-0.39, 0.29) is 54.4 Å². The van der Waals surface area contributed by atoms with Crippen LogP contribution in [0.15, 0.2) is 279 Å². The zero-order chi connectivity index (χ0) is 80.3. The van der Waals surface area contributed by atoms with Crippen molar-refractivity contribution in [1.29, 1.82) is 0 Å².